The van der Waals surface area contributed by atoms with E-state index >= 15 is 0 Å². The van der Waals surface area contributed by atoms with Crippen LogP contribution in [0, 0.1) is 6.92 Å². The van der Waals surface area contributed by atoms with E-state index in [0.717, 1.165) is 23.5 Å². The van der Waals surface area contributed by atoms with Crippen LogP contribution in [-0.2, 0) is 0 Å². The Kier molecular flexibility index (Phi) is 3.82. The fraction of sp³-hybridized carbons (Fsp3) is 0.467. The van der Waals surface area contributed by atoms with E-state index in [1.54, 1.807) is 17.4 Å². The van der Waals surface area contributed by atoms with Crippen LogP contribution in [0.4, 0.5) is 0 Å². The van der Waals surface area contributed by atoms with E-state index in [9.17, 15) is 4.79 Å². The molecule has 2 aromatic heterocycles. The van der Waals surface area contributed by atoms with Crippen molar-refractivity contribution in [3.8, 4) is 11.5 Å². The highest BCUT2D eigenvalue weighted by Gasteiger charge is 2.28. The molecule has 3 rings (SSSR count). The monoisotopic (exact) mass is 305 g/mol. The molecule has 2 N–H and O–H groups in total. The SMILES string of the molecule is Cc1nc(-c2cc(C(=O)N3CC[C@@H](N)C[C@H]3C)co2)cs1. The summed E-state index contributed by atoms with van der Waals surface area (Å²) < 4.78 is 5.50. The number of nitrogens with two attached hydrogens (primary N) is 1. The Hall–Kier alpha value is -1.66. The number of likely N-dealkylation sites (tertiary alicyclic amines) is 1. The molecule has 0 aromatic carbocycles. The Morgan fingerprint density at radius 3 is 3.05 bits per heavy atom. The average Bonchev–Trinajstić information content (AvgIpc) is 3.06. The van der Waals surface area contributed by atoms with Crippen molar-refractivity contribution in [1.82, 2.24) is 9.88 Å². The first-order valence-electron chi connectivity index (χ1n) is 7.12. The van der Waals surface area contributed by atoms with Crippen LogP contribution in [0.2, 0.25) is 0 Å². The van der Waals surface area contributed by atoms with Crippen LogP contribution in [0.5, 0.6) is 0 Å². The van der Waals surface area contributed by atoms with Crippen LogP contribution in [0.3, 0.4) is 0 Å². The molecule has 1 saturated heterocycles. The van der Waals surface area contributed by atoms with Gasteiger partial charge in [0.1, 0.15) is 12.0 Å². The van der Waals surface area contributed by atoms with Crippen LogP contribution in [0.1, 0.15) is 35.1 Å². The number of hydrogen-bond acceptors (Lipinski definition) is 5. The van der Waals surface area contributed by atoms with Gasteiger partial charge in [0, 0.05) is 24.0 Å². The molecule has 5 nitrogen and oxygen atoms in total. The topological polar surface area (TPSA) is 72.4 Å². The van der Waals surface area contributed by atoms with Crippen LogP contribution in [0.25, 0.3) is 11.5 Å². The lowest BCUT2D eigenvalue weighted by Crippen LogP contribution is -2.48. The van der Waals surface area contributed by atoms with Crippen LogP contribution >= 0.6 is 11.3 Å². The molecule has 0 unspecified atom stereocenters. The molecule has 2 aromatic rings. The summed E-state index contributed by atoms with van der Waals surface area (Å²) in [6.45, 7) is 4.70. The first-order chi connectivity index (χ1) is 10.0. The molecule has 3 heterocycles. The second kappa shape index (κ2) is 5.61. The van der Waals surface area contributed by atoms with Gasteiger partial charge in [-0.3, -0.25) is 4.79 Å². The third-order valence-electron chi connectivity index (χ3n) is 3.90. The number of aromatic nitrogens is 1. The Bertz CT molecular complexity index is 649. The van der Waals surface area contributed by atoms with Crippen molar-refractivity contribution in [2.24, 2.45) is 5.73 Å². The van der Waals surface area contributed by atoms with E-state index in [1.807, 2.05) is 24.1 Å². The number of aryl methyl sites for hydroxylation is 1. The number of piperidine rings is 1. The molecule has 1 amide bonds. The van der Waals surface area contributed by atoms with Gasteiger partial charge in [-0.1, -0.05) is 0 Å². The summed E-state index contributed by atoms with van der Waals surface area (Å²) in [4.78, 5) is 18.8. The van der Waals surface area contributed by atoms with Crippen molar-refractivity contribution in [1.29, 1.82) is 0 Å². The number of rotatable bonds is 2. The highest BCUT2D eigenvalue weighted by Crippen LogP contribution is 2.26. The second-order valence-electron chi connectivity index (χ2n) is 5.58. The molecule has 1 fully saturated rings. The molecule has 0 saturated carbocycles. The maximum atomic E-state index is 12.6. The standard InChI is InChI=1S/C15H19N3O2S/c1-9-5-12(16)3-4-18(9)15(19)11-6-14(20-7-11)13-8-21-10(2)17-13/h6-9,12H,3-5,16H2,1-2H3/t9-,12-/m1/s1. The Morgan fingerprint density at radius 1 is 1.57 bits per heavy atom. The fourth-order valence-electron chi connectivity index (χ4n) is 2.74. The summed E-state index contributed by atoms with van der Waals surface area (Å²) in [6, 6.07) is 2.14. The fourth-order valence-corrected chi connectivity index (χ4v) is 3.34. The van der Waals surface area contributed by atoms with Gasteiger partial charge in [0.05, 0.1) is 10.6 Å². The van der Waals surface area contributed by atoms with Crippen molar-refractivity contribution >= 4 is 17.2 Å². The number of amides is 1. The minimum atomic E-state index is 0.0105. The van der Waals surface area contributed by atoms with Crippen LogP contribution < -0.4 is 5.73 Å². The van der Waals surface area contributed by atoms with Gasteiger partial charge in [0.25, 0.3) is 5.91 Å². The third-order valence-corrected chi connectivity index (χ3v) is 4.67. The lowest BCUT2D eigenvalue weighted by atomic mass is 9.98. The molecular weight excluding hydrogens is 286 g/mol. The quantitative estimate of drug-likeness (QED) is 0.926. The van der Waals surface area contributed by atoms with Gasteiger partial charge in [-0.15, -0.1) is 11.3 Å². The zero-order chi connectivity index (χ0) is 15.0. The Labute approximate surface area is 127 Å². The number of carbonyl (C=O) groups is 1. The minimum absolute atomic E-state index is 0.0105. The van der Waals surface area contributed by atoms with Gasteiger partial charge >= 0.3 is 0 Å². The van der Waals surface area contributed by atoms with E-state index in [1.165, 1.54) is 6.26 Å². The van der Waals surface area contributed by atoms with E-state index in [-0.39, 0.29) is 18.0 Å². The molecule has 1 aliphatic heterocycles. The zero-order valence-electron chi connectivity index (χ0n) is 12.2. The highest BCUT2D eigenvalue weighted by molar-refractivity contribution is 7.09. The first-order valence-corrected chi connectivity index (χ1v) is 8.00. The molecule has 2 atom stereocenters. The number of furan rings is 1. The lowest BCUT2D eigenvalue weighted by molar-refractivity contribution is 0.0618. The smallest absolute Gasteiger partial charge is 0.257 e. The molecule has 0 radical (unpaired) electrons. The number of carbonyl (C=O) groups excluding carboxylic acids is 1. The molecule has 0 bridgehead atoms. The molecule has 1 aliphatic rings. The average molecular weight is 305 g/mol. The second-order valence-corrected chi connectivity index (χ2v) is 6.65. The number of thiazole rings is 1. The van der Waals surface area contributed by atoms with Crippen molar-refractivity contribution in [2.75, 3.05) is 6.54 Å². The van der Waals surface area contributed by atoms with Gasteiger partial charge in [-0.2, -0.15) is 0 Å². The number of nitrogens with zero attached hydrogens (tertiary/aromatic N) is 2. The van der Waals surface area contributed by atoms with Crippen LogP contribution in [-0.4, -0.2) is 34.4 Å². The lowest BCUT2D eigenvalue weighted by Gasteiger charge is -2.36. The van der Waals surface area contributed by atoms with Gasteiger partial charge in [-0.05, 0) is 32.8 Å². The summed E-state index contributed by atoms with van der Waals surface area (Å²) in [6.07, 6.45) is 3.22. The van der Waals surface area contributed by atoms with Gasteiger partial charge in [0.2, 0.25) is 0 Å². The Balaban J connectivity index is 1.78. The van der Waals surface area contributed by atoms with Crippen LogP contribution in [0.15, 0.2) is 22.1 Å². The number of hydrogen-bond donors (Lipinski definition) is 1. The summed E-state index contributed by atoms with van der Waals surface area (Å²) in [5.41, 5.74) is 7.31. The molecule has 112 valence electrons. The maximum absolute atomic E-state index is 12.6. The highest BCUT2D eigenvalue weighted by atomic mass is 32.1. The van der Waals surface area contributed by atoms with E-state index in [2.05, 4.69) is 4.98 Å². The molecular formula is C15H19N3O2S. The van der Waals surface area contributed by atoms with Crippen molar-refractivity contribution in [3.63, 3.8) is 0 Å². The third kappa shape index (κ3) is 2.87. The van der Waals surface area contributed by atoms with E-state index in [4.69, 9.17) is 10.2 Å². The van der Waals surface area contributed by atoms with Gasteiger partial charge < -0.3 is 15.1 Å². The predicted molar refractivity (Wildman–Crippen MR) is 82.3 cm³/mol. The van der Waals surface area contributed by atoms with Gasteiger partial charge in [0.15, 0.2) is 5.76 Å². The van der Waals surface area contributed by atoms with Crippen molar-refractivity contribution < 1.29 is 9.21 Å². The molecule has 0 aliphatic carbocycles. The zero-order valence-corrected chi connectivity index (χ0v) is 13.0. The van der Waals surface area contributed by atoms with Crippen molar-refractivity contribution in [3.05, 3.63) is 28.3 Å². The van der Waals surface area contributed by atoms with E-state index < -0.39 is 0 Å². The van der Waals surface area contributed by atoms with Crippen molar-refractivity contribution in [2.45, 2.75) is 38.8 Å². The molecule has 6 heteroatoms. The predicted octanol–water partition coefficient (Wildman–Crippen LogP) is 2.66. The maximum Gasteiger partial charge on any atom is 0.257 e. The summed E-state index contributed by atoms with van der Waals surface area (Å²) in [5.74, 6) is 0.653. The Morgan fingerprint density at radius 2 is 2.38 bits per heavy atom. The normalized spacial score (nSPS) is 22.5. The minimum Gasteiger partial charge on any atom is -0.462 e. The largest absolute Gasteiger partial charge is 0.462 e. The molecule has 0 spiro atoms. The first kappa shape index (κ1) is 14.3. The summed E-state index contributed by atoms with van der Waals surface area (Å²) in [5, 5.41) is 2.92. The van der Waals surface area contributed by atoms with Gasteiger partial charge in [-0.25, -0.2) is 4.98 Å². The van der Waals surface area contributed by atoms with E-state index in [0.29, 0.717) is 17.9 Å². The summed E-state index contributed by atoms with van der Waals surface area (Å²) in [7, 11) is 0. The summed E-state index contributed by atoms with van der Waals surface area (Å²) >= 11 is 1.57. The molecule has 21 heavy (non-hydrogen) atoms.